The normalized spacial score (nSPS) is 19.6. The number of carbonyl (C=O) groups is 5. The number of benzene rings is 1. The number of aromatic amines is 1. The van der Waals surface area contributed by atoms with Gasteiger partial charge in [-0.05, 0) is 49.1 Å². The molecule has 0 radical (unpaired) electrons. The number of aromatic nitrogens is 1. The van der Waals surface area contributed by atoms with Crippen molar-refractivity contribution < 1.29 is 24.0 Å². The van der Waals surface area contributed by atoms with Gasteiger partial charge in [0.05, 0.1) is 11.7 Å². The lowest BCUT2D eigenvalue weighted by molar-refractivity contribution is -0.141. The van der Waals surface area contributed by atoms with E-state index in [0.29, 0.717) is 37.4 Å². The second kappa shape index (κ2) is 13.6. The number of amides is 2. The molecule has 2 aliphatic carbocycles. The summed E-state index contributed by atoms with van der Waals surface area (Å²) in [7, 11) is 0. The monoisotopic (exact) mass is 563 g/mol. The number of H-pyrrole nitrogens is 1. The summed E-state index contributed by atoms with van der Waals surface area (Å²) in [6, 6.07) is 8.35. The van der Waals surface area contributed by atoms with Gasteiger partial charge in [0.25, 0.3) is 5.91 Å². The zero-order valence-electron chi connectivity index (χ0n) is 24.7. The van der Waals surface area contributed by atoms with Crippen LogP contribution >= 0.6 is 0 Å². The van der Waals surface area contributed by atoms with Gasteiger partial charge in [-0.15, -0.1) is 0 Å². The molecule has 0 bridgehead atoms. The van der Waals surface area contributed by atoms with Gasteiger partial charge in [0.2, 0.25) is 11.7 Å². The first-order valence-electron chi connectivity index (χ1n) is 15.3. The van der Waals surface area contributed by atoms with Crippen molar-refractivity contribution in [3.8, 4) is 0 Å². The van der Waals surface area contributed by atoms with Crippen LogP contribution in [0.25, 0.3) is 10.9 Å². The summed E-state index contributed by atoms with van der Waals surface area (Å²) >= 11 is 0. The molecule has 8 heteroatoms. The molecule has 3 N–H and O–H groups in total. The van der Waals surface area contributed by atoms with Crippen LogP contribution in [0.15, 0.2) is 30.3 Å². The average Bonchev–Trinajstić information content (AvgIpc) is 3.56. The predicted octanol–water partition coefficient (Wildman–Crippen LogP) is 5.30. The van der Waals surface area contributed by atoms with Gasteiger partial charge in [0.1, 0.15) is 5.78 Å². The van der Waals surface area contributed by atoms with Crippen LogP contribution in [0.2, 0.25) is 0 Å². The Morgan fingerprint density at radius 1 is 0.976 bits per heavy atom. The molecular formula is C33H45N3O5. The zero-order valence-corrected chi connectivity index (χ0v) is 24.7. The summed E-state index contributed by atoms with van der Waals surface area (Å²) in [6.07, 6.45) is 7.93. The molecule has 1 aromatic carbocycles. The zero-order chi connectivity index (χ0) is 29.6. The third-order valence-corrected chi connectivity index (χ3v) is 8.56. The van der Waals surface area contributed by atoms with Gasteiger partial charge in [-0.3, -0.25) is 24.0 Å². The van der Waals surface area contributed by atoms with Crippen LogP contribution in [0.5, 0.6) is 0 Å². The number of carbonyl (C=O) groups excluding carboxylic acids is 5. The van der Waals surface area contributed by atoms with Crippen molar-refractivity contribution in [1.82, 2.24) is 15.6 Å². The highest BCUT2D eigenvalue weighted by molar-refractivity contribution is 6.38. The van der Waals surface area contributed by atoms with Crippen molar-refractivity contribution in [2.75, 3.05) is 6.54 Å². The number of hydrogen-bond donors (Lipinski definition) is 3. The minimum Gasteiger partial charge on any atom is -0.352 e. The Kier molecular flexibility index (Phi) is 10.2. The van der Waals surface area contributed by atoms with Crippen LogP contribution in [0.4, 0.5) is 0 Å². The van der Waals surface area contributed by atoms with Crippen molar-refractivity contribution in [1.29, 1.82) is 0 Å². The first-order valence-corrected chi connectivity index (χ1v) is 15.3. The van der Waals surface area contributed by atoms with Gasteiger partial charge in [-0.1, -0.05) is 71.1 Å². The van der Waals surface area contributed by atoms with E-state index < -0.39 is 29.6 Å². The number of para-hydroxylation sites is 1. The molecule has 222 valence electrons. The van der Waals surface area contributed by atoms with E-state index >= 15 is 0 Å². The van der Waals surface area contributed by atoms with E-state index in [1.165, 1.54) is 6.42 Å². The van der Waals surface area contributed by atoms with E-state index in [1.54, 1.807) is 0 Å². The molecule has 3 atom stereocenters. The number of Topliss-reactive ketones (excluding diaryl/α,β-unsaturated/α-hetero) is 3. The van der Waals surface area contributed by atoms with Crippen LogP contribution in [-0.4, -0.2) is 46.7 Å². The van der Waals surface area contributed by atoms with Crippen LogP contribution in [0, 0.1) is 23.2 Å². The van der Waals surface area contributed by atoms with E-state index in [4.69, 9.17) is 0 Å². The van der Waals surface area contributed by atoms with E-state index in [2.05, 4.69) is 15.6 Å². The Labute approximate surface area is 242 Å². The number of hydrogen-bond acceptors (Lipinski definition) is 5. The highest BCUT2D eigenvalue weighted by Gasteiger charge is 2.36. The molecule has 1 aromatic heterocycles. The third kappa shape index (κ3) is 8.60. The molecule has 2 aromatic rings. The van der Waals surface area contributed by atoms with Crippen LogP contribution in [0.3, 0.4) is 0 Å². The van der Waals surface area contributed by atoms with Crippen molar-refractivity contribution >= 4 is 40.1 Å². The lowest BCUT2D eigenvalue weighted by Gasteiger charge is -2.28. The maximum Gasteiger partial charge on any atom is 0.289 e. The number of rotatable bonds is 12. The van der Waals surface area contributed by atoms with Gasteiger partial charge in [-0.2, -0.15) is 0 Å². The molecule has 41 heavy (non-hydrogen) atoms. The summed E-state index contributed by atoms with van der Waals surface area (Å²) < 4.78 is 0. The Balaban J connectivity index is 1.52. The Hall–Kier alpha value is -3.29. The van der Waals surface area contributed by atoms with E-state index in [0.717, 1.165) is 43.0 Å². The van der Waals surface area contributed by atoms with E-state index in [1.807, 2.05) is 51.1 Å². The molecule has 2 fully saturated rings. The Morgan fingerprint density at radius 3 is 2.37 bits per heavy atom. The lowest BCUT2D eigenvalue weighted by atomic mass is 9.80. The summed E-state index contributed by atoms with van der Waals surface area (Å²) in [6.45, 7) is 6.17. The number of ketones is 3. The molecule has 0 saturated heterocycles. The highest BCUT2D eigenvalue weighted by atomic mass is 16.2. The number of nitrogens with one attached hydrogen (secondary N) is 3. The molecule has 8 nitrogen and oxygen atoms in total. The topological polar surface area (TPSA) is 125 Å². The SMILES string of the molecule is CC(C)(C)CNC(=O)C(=O)[C@H](C[C@@H]1CCCC1=O)NC(=O)[C@@H](CC(=O)c1cc2ccccc2[nH]1)CC1CCCCC1. The lowest BCUT2D eigenvalue weighted by Crippen LogP contribution is -2.51. The first kappa shape index (κ1) is 30.7. The molecule has 2 amide bonds. The maximum atomic E-state index is 13.8. The molecule has 0 spiro atoms. The van der Waals surface area contributed by atoms with Gasteiger partial charge in [-0.25, -0.2) is 0 Å². The molecule has 2 aliphatic rings. The van der Waals surface area contributed by atoms with Gasteiger partial charge < -0.3 is 15.6 Å². The first-order chi connectivity index (χ1) is 19.5. The van der Waals surface area contributed by atoms with Crippen LogP contribution in [-0.2, 0) is 19.2 Å². The highest BCUT2D eigenvalue weighted by Crippen LogP contribution is 2.32. The van der Waals surface area contributed by atoms with Crippen molar-refractivity contribution in [2.24, 2.45) is 23.2 Å². The molecule has 0 aliphatic heterocycles. The Bertz CT molecular complexity index is 1230. The molecule has 2 saturated carbocycles. The second-order valence-electron chi connectivity index (χ2n) is 13.3. The fourth-order valence-corrected chi connectivity index (χ4v) is 6.20. The van der Waals surface area contributed by atoms with Crippen LogP contribution in [0.1, 0.15) is 102 Å². The van der Waals surface area contributed by atoms with E-state index in [-0.39, 0.29) is 35.7 Å². The molecule has 1 heterocycles. The van der Waals surface area contributed by atoms with Crippen molar-refractivity contribution in [2.45, 2.75) is 97.4 Å². The molecule has 4 rings (SSSR count). The Morgan fingerprint density at radius 2 is 1.71 bits per heavy atom. The summed E-state index contributed by atoms with van der Waals surface area (Å²) in [5.41, 5.74) is 1.10. The summed E-state index contributed by atoms with van der Waals surface area (Å²) in [5, 5.41) is 6.47. The van der Waals surface area contributed by atoms with E-state index in [9.17, 15) is 24.0 Å². The molecular weight excluding hydrogens is 518 g/mol. The molecule has 0 unspecified atom stereocenters. The fraction of sp³-hybridized carbons (Fsp3) is 0.606. The fourth-order valence-electron chi connectivity index (χ4n) is 6.20. The number of fused-ring (bicyclic) bond motifs is 1. The third-order valence-electron chi connectivity index (χ3n) is 8.56. The minimum atomic E-state index is -1.11. The standard InChI is InChI=1S/C33H45N3O5/c1-33(2,3)20-34-32(41)30(39)27(18-23-13-9-15-28(23)37)36-31(40)24(16-21-10-5-4-6-11-21)19-29(38)26-17-22-12-7-8-14-25(22)35-26/h7-8,12,14,17,21,23-24,27,35H,4-6,9-11,13,15-16,18-20H2,1-3H3,(H,34,41)(H,36,40)/t23-,24+,27-/m0/s1. The minimum absolute atomic E-state index is 0.00858. The van der Waals surface area contributed by atoms with Crippen LogP contribution < -0.4 is 10.6 Å². The maximum absolute atomic E-state index is 13.8. The summed E-state index contributed by atoms with van der Waals surface area (Å²) in [4.78, 5) is 69.0. The quantitative estimate of drug-likeness (QED) is 0.239. The van der Waals surface area contributed by atoms with Gasteiger partial charge >= 0.3 is 0 Å². The summed E-state index contributed by atoms with van der Waals surface area (Å²) in [5.74, 6) is -2.64. The smallest absolute Gasteiger partial charge is 0.289 e. The predicted molar refractivity (Wildman–Crippen MR) is 158 cm³/mol. The van der Waals surface area contributed by atoms with Crippen molar-refractivity contribution in [3.05, 3.63) is 36.0 Å². The largest absolute Gasteiger partial charge is 0.352 e. The van der Waals surface area contributed by atoms with Gasteiger partial charge in [0, 0.05) is 42.1 Å². The van der Waals surface area contributed by atoms with Gasteiger partial charge in [0.15, 0.2) is 5.78 Å². The van der Waals surface area contributed by atoms with Crippen molar-refractivity contribution in [3.63, 3.8) is 0 Å². The average molecular weight is 564 g/mol. The second-order valence-corrected chi connectivity index (χ2v) is 13.3.